The van der Waals surface area contributed by atoms with Crippen molar-refractivity contribution in [3.63, 3.8) is 0 Å². The summed E-state index contributed by atoms with van der Waals surface area (Å²) in [5.41, 5.74) is 2.56. The Morgan fingerprint density at radius 3 is 2.00 bits per heavy atom. The Morgan fingerprint density at radius 1 is 0.800 bits per heavy atom. The molecule has 0 amide bonds. The van der Waals surface area contributed by atoms with Crippen molar-refractivity contribution in [2.24, 2.45) is 5.92 Å². The zero-order valence-corrected chi connectivity index (χ0v) is 19.9. The van der Waals surface area contributed by atoms with E-state index in [0.29, 0.717) is 29.2 Å². The van der Waals surface area contributed by atoms with Gasteiger partial charge in [0.1, 0.15) is 5.75 Å². The molecule has 0 radical (unpaired) electrons. The van der Waals surface area contributed by atoms with Gasteiger partial charge in [0.05, 0.1) is 0 Å². The van der Waals surface area contributed by atoms with Gasteiger partial charge in [-0.3, -0.25) is 0 Å². The van der Waals surface area contributed by atoms with E-state index < -0.39 is 40.6 Å². The van der Waals surface area contributed by atoms with E-state index in [1.807, 2.05) is 24.3 Å². The minimum atomic E-state index is -1.66. The normalized spacial score (nSPS) is 18.0. The van der Waals surface area contributed by atoms with Crippen molar-refractivity contribution in [3.05, 3.63) is 82.7 Å². The van der Waals surface area contributed by atoms with Crippen molar-refractivity contribution in [3.8, 4) is 22.6 Å². The van der Waals surface area contributed by atoms with Crippen LogP contribution < -0.4 is 4.74 Å². The number of unbranched alkanes of at least 4 members (excludes halogenated alkanes) is 1. The molecular formula is C29H29F5O. The van der Waals surface area contributed by atoms with E-state index in [1.54, 1.807) is 0 Å². The highest BCUT2D eigenvalue weighted by molar-refractivity contribution is 5.70. The molecule has 0 atom stereocenters. The molecule has 3 aromatic carbocycles. The average Bonchev–Trinajstić information content (AvgIpc) is 2.86. The first-order valence-corrected chi connectivity index (χ1v) is 12.2. The molecule has 35 heavy (non-hydrogen) atoms. The monoisotopic (exact) mass is 488 g/mol. The standard InChI is InChI=1S/C29H29F5O/c1-3-4-5-18-6-8-19(9-7-18)20-10-12-21(13-11-20)23-16-26(32)28(34)29(17(23)2)35-22-14-24(30)27(33)25(31)15-22/h10-16,18-19H,3-9H2,1-2H3. The maximum absolute atomic E-state index is 14.6. The summed E-state index contributed by atoms with van der Waals surface area (Å²) >= 11 is 0. The lowest BCUT2D eigenvalue weighted by atomic mass is 9.77. The molecule has 1 nitrogen and oxygen atoms in total. The van der Waals surface area contributed by atoms with Gasteiger partial charge in [0, 0.05) is 17.7 Å². The SMILES string of the molecule is CCCCC1CCC(c2ccc(-c3cc(F)c(F)c(Oc4cc(F)c(F)c(F)c4)c3C)cc2)CC1. The first-order valence-electron chi connectivity index (χ1n) is 12.2. The minimum Gasteiger partial charge on any atom is -0.454 e. The maximum atomic E-state index is 14.6. The van der Waals surface area contributed by atoms with E-state index in [0.717, 1.165) is 24.8 Å². The number of benzene rings is 3. The summed E-state index contributed by atoms with van der Waals surface area (Å²) in [5, 5.41) is 0. The molecule has 1 aliphatic rings. The molecule has 0 aliphatic heterocycles. The largest absolute Gasteiger partial charge is 0.454 e. The van der Waals surface area contributed by atoms with Crippen molar-refractivity contribution < 1.29 is 26.7 Å². The van der Waals surface area contributed by atoms with Gasteiger partial charge in [-0.2, -0.15) is 4.39 Å². The van der Waals surface area contributed by atoms with Gasteiger partial charge >= 0.3 is 0 Å². The third-order valence-electron chi connectivity index (χ3n) is 7.11. The van der Waals surface area contributed by atoms with Crippen molar-refractivity contribution in [1.29, 1.82) is 0 Å². The van der Waals surface area contributed by atoms with Gasteiger partial charge in [-0.1, -0.05) is 50.5 Å². The van der Waals surface area contributed by atoms with Gasteiger partial charge < -0.3 is 4.74 Å². The summed E-state index contributed by atoms with van der Waals surface area (Å²) in [6.45, 7) is 3.76. The van der Waals surface area contributed by atoms with E-state index in [2.05, 4.69) is 6.92 Å². The lowest BCUT2D eigenvalue weighted by Crippen LogP contribution is -2.13. The topological polar surface area (TPSA) is 9.23 Å². The minimum absolute atomic E-state index is 0.262. The van der Waals surface area contributed by atoms with Crippen LogP contribution >= 0.6 is 0 Å². The maximum Gasteiger partial charge on any atom is 0.201 e. The smallest absolute Gasteiger partial charge is 0.201 e. The Bertz CT molecular complexity index is 1160. The van der Waals surface area contributed by atoms with Crippen LogP contribution in [0.25, 0.3) is 11.1 Å². The number of halogens is 5. The van der Waals surface area contributed by atoms with Crippen LogP contribution in [-0.4, -0.2) is 0 Å². The van der Waals surface area contributed by atoms with Crippen LogP contribution in [0.4, 0.5) is 22.0 Å². The molecule has 0 spiro atoms. The van der Waals surface area contributed by atoms with E-state index in [1.165, 1.54) is 44.6 Å². The molecule has 1 fully saturated rings. The summed E-state index contributed by atoms with van der Waals surface area (Å²) in [6.07, 6.45) is 8.60. The molecule has 3 aromatic rings. The second-order valence-corrected chi connectivity index (χ2v) is 9.46. The van der Waals surface area contributed by atoms with E-state index >= 15 is 0 Å². The van der Waals surface area contributed by atoms with E-state index in [-0.39, 0.29) is 5.56 Å². The Kier molecular flexibility index (Phi) is 7.78. The van der Waals surface area contributed by atoms with Gasteiger partial charge in [-0.15, -0.1) is 0 Å². The summed E-state index contributed by atoms with van der Waals surface area (Å²) in [7, 11) is 0. The van der Waals surface area contributed by atoms with Crippen LogP contribution in [0.3, 0.4) is 0 Å². The van der Waals surface area contributed by atoms with Crippen LogP contribution in [0.5, 0.6) is 11.5 Å². The summed E-state index contributed by atoms with van der Waals surface area (Å²) in [6, 6.07) is 10.1. The van der Waals surface area contributed by atoms with Crippen LogP contribution in [0.1, 0.15) is 68.9 Å². The molecular weight excluding hydrogens is 459 g/mol. The molecule has 0 bridgehead atoms. The summed E-state index contributed by atoms with van der Waals surface area (Å²) < 4.78 is 74.7. The summed E-state index contributed by atoms with van der Waals surface area (Å²) in [4.78, 5) is 0. The summed E-state index contributed by atoms with van der Waals surface area (Å²) in [5.74, 6) is -6.72. The van der Waals surface area contributed by atoms with Crippen LogP contribution in [0.15, 0.2) is 42.5 Å². The van der Waals surface area contributed by atoms with Crippen LogP contribution in [0, 0.1) is 41.9 Å². The molecule has 4 rings (SSSR count). The van der Waals surface area contributed by atoms with Crippen molar-refractivity contribution in [1.82, 2.24) is 0 Å². The number of hydrogen-bond donors (Lipinski definition) is 0. The lowest BCUT2D eigenvalue weighted by Gasteiger charge is -2.29. The third kappa shape index (κ3) is 5.52. The molecule has 0 saturated heterocycles. The molecule has 0 N–H and O–H groups in total. The predicted octanol–water partition coefficient (Wildman–Crippen LogP) is 9.61. The predicted molar refractivity (Wildman–Crippen MR) is 127 cm³/mol. The Labute approximate surface area is 202 Å². The number of ether oxygens (including phenoxy) is 1. The zero-order valence-electron chi connectivity index (χ0n) is 19.9. The number of rotatable bonds is 7. The van der Waals surface area contributed by atoms with Crippen molar-refractivity contribution >= 4 is 0 Å². The first kappa shape index (κ1) is 25.2. The Balaban J connectivity index is 1.56. The molecule has 1 aliphatic carbocycles. The molecule has 1 saturated carbocycles. The average molecular weight is 489 g/mol. The fourth-order valence-corrected chi connectivity index (χ4v) is 5.04. The highest BCUT2D eigenvalue weighted by Crippen LogP contribution is 2.40. The van der Waals surface area contributed by atoms with Crippen molar-refractivity contribution in [2.75, 3.05) is 0 Å². The molecule has 186 valence electrons. The quantitative estimate of drug-likeness (QED) is 0.238. The van der Waals surface area contributed by atoms with Crippen LogP contribution in [0.2, 0.25) is 0 Å². The lowest BCUT2D eigenvalue weighted by molar-refractivity contribution is 0.304. The van der Waals surface area contributed by atoms with E-state index in [9.17, 15) is 22.0 Å². The highest BCUT2D eigenvalue weighted by atomic mass is 19.2. The van der Waals surface area contributed by atoms with Crippen LogP contribution in [-0.2, 0) is 0 Å². The molecule has 0 aromatic heterocycles. The second-order valence-electron chi connectivity index (χ2n) is 9.46. The highest BCUT2D eigenvalue weighted by Gasteiger charge is 2.23. The molecule has 0 unspecified atom stereocenters. The Morgan fingerprint density at radius 2 is 1.40 bits per heavy atom. The third-order valence-corrected chi connectivity index (χ3v) is 7.11. The fourth-order valence-electron chi connectivity index (χ4n) is 5.04. The van der Waals surface area contributed by atoms with Gasteiger partial charge in [0.2, 0.25) is 5.82 Å². The zero-order chi connectivity index (χ0) is 25.1. The van der Waals surface area contributed by atoms with Gasteiger partial charge in [0.15, 0.2) is 29.0 Å². The van der Waals surface area contributed by atoms with Gasteiger partial charge in [-0.05, 0) is 67.2 Å². The molecule has 6 heteroatoms. The number of hydrogen-bond acceptors (Lipinski definition) is 1. The first-order chi connectivity index (χ1) is 16.8. The van der Waals surface area contributed by atoms with E-state index in [4.69, 9.17) is 4.74 Å². The fraction of sp³-hybridized carbons (Fsp3) is 0.379. The van der Waals surface area contributed by atoms with Gasteiger partial charge in [0.25, 0.3) is 0 Å². The molecule has 0 heterocycles. The van der Waals surface area contributed by atoms with Gasteiger partial charge in [-0.25, -0.2) is 17.6 Å². The Hall–Kier alpha value is -2.89. The second kappa shape index (κ2) is 10.8. The van der Waals surface area contributed by atoms with Crippen molar-refractivity contribution in [2.45, 2.75) is 64.7 Å².